The molecule has 3 rings (SSSR count). The number of ether oxygens (including phenoxy) is 1. The SMILES string of the molecule is COC(=O)c1ccc(CNc2cccc3nc(C)ccc23)cc1. The normalized spacial score (nSPS) is 10.5. The van der Waals surface area contributed by atoms with Crippen molar-refractivity contribution in [3.63, 3.8) is 0 Å². The van der Waals surface area contributed by atoms with E-state index in [0.29, 0.717) is 12.1 Å². The van der Waals surface area contributed by atoms with Crippen LogP contribution in [0.5, 0.6) is 0 Å². The predicted molar refractivity (Wildman–Crippen MR) is 91.6 cm³/mol. The molecule has 0 aliphatic rings. The van der Waals surface area contributed by atoms with Gasteiger partial charge in [-0.3, -0.25) is 4.98 Å². The largest absolute Gasteiger partial charge is 0.465 e. The minimum Gasteiger partial charge on any atom is -0.465 e. The Morgan fingerprint density at radius 3 is 2.61 bits per heavy atom. The zero-order chi connectivity index (χ0) is 16.2. The Bertz CT molecular complexity index is 842. The maximum atomic E-state index is 11.4. The number of benzene rings is 2. The minimum absolute atomic E-state index is 0.319. The summed E-state index contributed by atoms with van der Waals surface area (Å²) < 4.78 is 4.70. The second-order valence-electron chi connectivity index (χ2n) is 5.37. The van der Waals surface area contributed by atoms with Crippen LogP contribution >= 0.6 is 0 Å². The molecule has 0 fully saturated rings. The molecule has 2 aromatic carbocycles. The monoisotopic (exact) mass is 306 g/mol. The summed E-state index contributed by atoms with van der Waals surface area (Å²) in [6.07, 6.45) is 0. The van der Waals surface area contributed by atoms with Gasteiger partial charge in [0.1, 0.15) is 0 Å². The van der Waals surface area contributed by atoms with E-state index < -0.39 is 0 Å². The zero-order valence-electron chi connectivity index (χ0n) is 13.2. The first kappa shape index (κ1) is 15.0. The summed E-state index contributed by atoms with van der Waals surface area (Å²) in [5, 5.41) is 4.53. The standard InChI is InChI=1S/C19H18N2O2/c1-13-6-11-16-17(4-3-5-18(16)21-13)20-12-14-7-9-15(10-8-14)19(22)23-2/h3-11,20H,12H2,1-2H3. The number of hydrogen-bond acceptors (Lipinski definition) is 4. The highest BCUT2D eigenvalue weighted by Gasteiger charge is 2.05. The van der Waals surface area contributed by atoms with Crippen molar-refractivity contribution in [1.29, 1.82) is 0 Å². The van der Waals surface area contributed by atoms with Crippen LogP contribution in [0.1, 0.15) is 21.6 Å². The van der Waals surface area contributed by atoms with E-state index in [1.807, 2.05) is 43.3 Å². The van der Waals surface area contributed by atoms with Crippen molar-refractivity contribution >= 4 is 22.6 Å². The molecule has 0 aliphatic carbocycles. The third kappa shape index (κ3) is 3.31. The van der Waals surface area contributed by atoms with Crippen LogP contribution in [-0.4, -0.2) is 18.1 Å². The van der Waals surface area contributed by atoms with Crippen molar-refractivity contribution < 1.29 is 9.53 Å². The smallest absolute Gasteiger partial charge is 0.337 e. The number of methoxy groups -OCH3 is 1. The van der Waals surface area contributed by atoms with E-state index in [-0.39, 0.29) is 5.97 Å². The average molecular weight is 306 g/mol. The number of hydrogen-bond donors (Lipinski definition) is 1. The molecule has 1 aromatic heterocycles. The van der Waals surface area contributed by atoms with Crippen LogP contribution in [0, 0.1) is 6.92 Å². The van der Waals surface area contributed by atoms with Gasteiger partial charge in [-0.1, -0.05) is 18.2 Å². The van der Waals surface area contributed by atoms with Gasteiger partial charge in [-0.25, -0.2) is 4.79 Å². The molecule has 0 radical (unpaired) electrons. The van der Waals surface area contributed by atoms with Crippen LogP contribution in [-0.2, 0) is 11.3 Å². The van der Waals surface area contributed by atoms with Crippen LogP contribution in [0.2, 0.25) is 0 Å². The first-order chi connectivity index (χ1) is 11.2. The number of aryl methyl sites for hydroxylation is 1. The van der Waals surface area contributed by atoms with Gasteiger partial charge in [-0.15, -0.1) is 0 Å². The lowest BCUT2D eigenvalue weighted by Gasteiger charge is -2.10. The Labute approximate surface area is 135 Å². The molecule has 0 bridgehead atoms. The molecule has 1 N–H and O–H groups in total. The molecule has 0 atom stereocenters. The molecule has 0 saturated heterocycles. The lowest BCUT2D eigenvalue weighted by molar-refractivity contribution is 0.0600. The van der Waals surface area contributed by atoms with Crippen LogP contribution in [0.25, 0.3) is 10.9 Å². The lowest BCUT2D eigenvalue weighted by atomic mass is 10.1. The summed E-state index contributed by atoms with van der Waals surface area (Å²) >= 11 is 0. The molecule has 0 unspecified atom stereocenters. The van der Waals surface area contributed by atoms with E-state index in [2.05, 4.69) is 16.4 Å². The Kier molecular flexibility index (Phi) is 4.24. The van der Waals surface area contributed by atoms with Crippen LogP contribution in [0.3, 0.4) is 0 Å². The molecule has 0 saturated carbocycles. The number of fused-ring (bicyclic) bond motifs is 1. The van der Waals surface area contributed by atoms with Crippen LogP contribution < -0.4 is 5.32 Å². The third-order valence-electron chi connectivity index (χ3n) is 3.73. The van der Waals surface area contributed by atoms with Gasteiger partial charge in [-0.2, -0.15) is 0 Å². The fourth-order valence-electron chi connectivity index (χ4n) is 2.48. The van der Waals surface area contributed by atoms with Crippen molar-refractivity contribution in [3.05, 3.63) is 71.4 Å². The van der Waals surface area contributed by atoms with Crippen molar-refractivity contribution in [2.45, 2.75) is 13.5 Å². The number of pyridine rings is 1. The minimum atomic E-state index is -0.319. The lowest BCUT2D eigenvalue weighted by Crippen LogP contribution is -2.03. The average Bonchev–Trinajstić information content (AvgIpc) is 2.59. The van der Waals surface area contributed by atoms with Crippen molar-refractivity contribution in [2.75, 3.05) is 12.4 Å². The number of carbonyl (C=O) groups excluding carboxylic acids is 1. The maximum absolute atomic E-state index is 11.4. The summed E-state index contributed by atoms with van der Waals surface area (Å²) in [5.41, 5.74) is 4.69. The number of rotatable bonds is 4. The molecule has 1 heterocycles. The first-order valence-corrected chi connectivity index (χ1v) is 7.45. The molecular formula is C19H18N2O2. The third-order valence-corrected chi connectivity index (χ3v) is 3.73. The Hall–Kier alpha value is -2.88. The van der Waals surface area contributed by atoms with E-state index in [0.717, 1.165) is 27.8 Å². The molecule has 116 valence electrons. The summed E-state index contributed by atoms with van der Waals surface area (Å²) in [4.78, 5) is 16.0. The number of anilines is 1. The number of nitrogens with zero attached hydrogens (tertiary/aromatic N) is 1. The fourth-order valence-corrected chi connectivity index (χ4v) is 2.48. The quantitative estimate of drug-likeness (QED) is 0.742. The van der Waals surface area contributed by atoms with E-state index in [1.54, 1.807) is 12.1 Å². The van der Waals surface area contributed by atoms with Gasteiger partial charge in [-0.05, 0) is 48.9 Å². The second-order valence-corrected chi connectivity index (χ2v) is 5.37. The highest BCUT2D eigenvalue weighted by Crippen LogP contribution is 2.22. The molecule has 0 amide bonds. The fraction of sp³-hybridized carbons (Fsp3) is 0.158. The number of aromatic nitrogens is 1. The summed E-state index contributed by atoms with van der Waals surface area (Å²) in [6.45, 7) is 2.66. The molecule has 3 aromatic rings. The molecule has 4 heteroatoms. The Balaban J connectivity index is 1.77. The number of nitrogens with one attached hydrogen (secondary N) is 1. The second kappa shape index (κ2) is 6.48. The highest BCUT2D eigenvalue weighted by atomic mass is 16.5. The first-order valence-electron chi connectivity index (χ1n) is 7.45. The van der Waals surface area contributed by atoms with Gasteiger partial charge in [0.05, 0.1) is 18.2 Å². The summed E-state index contributed by atoms with van der Waals surface area (Å²) in [7, 11) is 1.38. The number of carbonyl (C=O) groups is 1. The topological polar surface area (TPSA) is 51.2 Å². The zero-order valence-corrected chi connectivity index (χ0v) is 13.2. The van der Waals surface area contributed by atoms with Gasteiger partial charge in [0.15, 0.2) is 0 Å². The molecule has 0 spiro atoms. The van der Waals surface area contributed by atoms with Crippen molar-refractivity contribution in [3.8, 4) is 0 Å². The maximum Gasteiger partial charge on any atom is 0.337 e. The Morgan fingerprint density at radius 2 is 1.87 bits per heavy atom. The van der Waals surface area contributed by atoms with Gasteiger partial charge < -0.3 is 10.1 Å². The number of esters is 1. The van der Waals surface area contributed by atoms with Crippen molar-refractivity contribution in [1.82, 2.24) is 4.98 Å². The molecule has 23 heavy (non-hydrogen) atoms. The van der Waals surface area contributed by atoms with E-state index >= 15 is 0 Å². The highest BCUT2D eigenvalue weighted by molar-refractivity contribution is 5.91. The molecule has 0 aliphatic heterocycles. The summed E-state index contributed by atoms with van der Waals surface area (Å²) in [5.74, 6) is -0.319. The molecule has 4 nitrogen and oxygen atoms in total. The van der Waals surface area contributed by atoms with Gasteiger partial charge >= 0.3 is 5.97 Å². The Morgan fingerprint density at radius 1 is 1.09 bits per heavy atom. The van der Waals surface area contributed by atoms with Gasteiger partial charge in [0.2, 0.25) is 0 Å². The van der Waals surface area contributed by atoms with Crippen LogP contribution in [0.4, 0.5) is 5.69 Å². The van der Waals surface area contributed by atoms with Gasteiger partial charge in [0, 0.05) is 23.3 Å². The van der Waals surface area contributed by atoms with E-state index in [1.165, 1.54) is 7.11 Å². The van der Waals surface area contributed by atoms with E-state index in [4.69, 9.17) is 4.74 Å². The van der Waals surface area contributed by atoms with Gasteiger partial charge in [0.25, 0.3) is 0 Å². The van der Waals surface area contributed by atoms with Crippen LogP contribution in [0.15, 0.2) is 54.6 Å². The molecular weight excluding hydrogens is 288 g/mol. The van der Waals surface area contributed by atoms with E-state index in [9.17, 15) is 4.79 Å². The predicted octanol–water partition coefficient (Wildman–Crippen LogP) is 3.94. The van der Waals surface area contributed by atoms with Crippen molar-refractivity contribution in [2.24, 2.45) is 0 Å². The summed E-state index contributed by atoms with van der Waals surface area (Å²) in [6, 6.07) is 17.5.